The summed E-state index contributed by atoms with van der Waals surface area (Å²) < 4.78 is 0. The maximum Gasteiger partial charge on any atom is 0.270 e. The van der Waals surface area contributed by atoms with Crippen molar-refractivity contribution in [2.75, 3.05) is 0 Å². The van der Waals surface area contributed by atoms with Gasteiger partial charge in [0.05, 0.1) is 4.92 Å². The number of non-ortho nitro benzene ring substituents is 1. The molecule has 3 N–H and O–H groups in total. The molecular weight excluding hydrogens is 246 g/mol. The number of carbonyl (C=O) groups is 1. The lowest BCUT2D eigenvalue weighted by Crippen LogP contribution is -2.49. The van der Waals surface area contributed by atoms with Crippen molar-refractivity contribution < 1.29 is 9.72 Å². The Bertz CT molecular complexity index is 490. The van der Waals surface area contributed by atoms with Gasteiger partial charge in [0.1, 0.15) is 0 Å². The second-order valence-corrected chi connectivity index (χ2v) is 4.84. The second-order valence-electron chi connectivity index (χ2n) is 4.84. The van der Waals surface area contributed by atoms with Gasteiger partial charge in [-0.15, -0.1) is 0 Å². The standard InChI is InChI=1S/C13H17N3O3/c14-11-6-1-2-7-12(11)15-13(17)9-4-3-5-10(8-9)16(18)19/h3-5,8,11-12H,1-2,6-7,14H2,(H,15,17). The van der Waals surface area contributed by atoms with Gasteiger partial charge in [-0.1, -0.05) is 18.9 Å². The molecule has 1 amide bonds. The van der Waals surface area contributed by atoms with Crippen LogP contribution in [-0.2, 0) is 0 Å². The Hall–Kier alpha value is -1.95. The maximum absolute atomic E-state index is 12.0. The van der Waals surface area contributed by atoms with Gasteiger partial charge < -0.3 is 11.1 Å². The summed E-state index contributed by atoms with van der Waals surface area (Å²) in [6.07, 6.45) is 3.90. The number of hydrogen-bond donors (Lipinski definition) is 2. The highest BCUT2D eigenvalue weighted by Crippen LogP contribution is 2.18. The molecule has 0 aromatic heterocycles. The van der Waals surface area contributed by atoms with E-state index in [0.29, 0.717) is 5.56 Å². The van der Waals surface area contributed by atoms with Crippen molar-refractivity contribution in [1.29, 1.82) is 0 Å². The smallest absolute Gasteiger partial charge is 0.270 e. The Morgan fingerprint density at radius 3 is 2.79 bits per heavy atom. The first kappa shape index (κ1) is 13.5. The SMILES string of the molecule is NC1CCCCC1NC(=O)c1cccc([N+](=O)[O-])c1. The molecule has 1 aromatic rings. The number of nitro groups is 1. The molecule has 2 rings (SSSR count). The first-order valence-electron chi connectivity index (χ1n) is 6.39. The van der Waals surface area contributed by atoms with E-state index >= 15 is 0 Å². The zero-order valence-corrected chi connectivity index (χ0v) is 10.5. The summed E-state index contributed by atoms with van der Waals surface area (Å²) in [6, 6.07) is 5.65. The van der Waals surface area contributed by atoms with Crippen LogP contribution >= 0.6 is 0 Å². The molecule has 19 heavy (non-hydrogen) atoms. The molecule has 2 unspecified atom stereocenters. The van der Waals surface area contributed by atoms with E-state index in [9.17, 15) is 14.9 Å². The molecule has 1 saturated carbocycles. The molecule has 0 radical (unpaired) electrons. The summed E-state index contributed by atoms with van der Waals surface area (Å²) in [4.78, 5) is 22.2. The van der Waals surface area contributed by atoms with Crippen LogP contribution in [0.3, 0.4) is 0 Å². The van der Waals surface area contributed by atoms with E-state index in [1.165, 1.54) is 18.2 Å². The van der Waals surface area contributed by atoms with Gasteiger partial charge in [-0.2, -0.15) is 0 Å². The molecule has 2 atom stereocenters. The highest BCUT2D eigenvalue weighted by molar-refractivity contribution is 5.95. The van der Waals surface area contributed by atoms with E-state index in [1.54, 1.807) is 6.07 Å². The molecule has 0 saturated heterocycles. The van der Waals surface area contributed by atoms with Gasteiger partial charge in [0.2, 0.25) is 0 Å². The maximum atomic E-state index is 12.0. The van der Waals surface area contributed by atoms with E-state index in [4.69, 9.17) is 5.73 Å². The van der Waals surface area contributed by atoms with Gasteiger partial charge >= 0.3 is 0 Å². The highest BCUT2D eigenvalue weighted by Gasteiger charge is 2.24. The second kappa shape index (κ2) is 5.79. The normalized spacial score (nSPS) is 22.8. The minimum Gasteiger partial charge on any atom is -0.348 e. The van der Waals surface area contributed by atoms with E-state index in [1.807, 2.05) is 0 Å². The molecule has 1 aromatic carbocycles. The molecule has 1 fully saturated rings. The van der Waals surface area contributed by atoms with Gasteiger partial charge in [0.15, 0.2) is 0 Å². The van der Waals surface area contributed by atoms with E-state index in [-0.39, 0.29) is 23.7 Å². The van der Waals surface area contributed by atoms with Gasteiger partial charge in [0.25, 0.3) is 11.6 Å². The predicted octanol–water partition coefficient (Wildman–Crippen LogP) is 1.59. The van der Waals surface area contributed by atoms with Crippen LogP contribution in [0.25, 0.3) is 0 Å². The number of nitrogens with two attached hydrogens (primary N) is 1. The summed E-state index contributed by atoms with van der Waals surface area (Å²) in [6.45, 7) is 0. The predicted molar refractivity (Wildman–Crippen MR) is 70.8 cm³/mol. The molecule has 102 valence electrons. The summed E-state index contributed by atoms with van der Waals surface area (Å²) in [5.41, 5.74) is 6.18. The lowest BCUT2D eigenvalue weighted by atomic mass is 9.91. The van der Waals surface area contributed by atoms with Gasteiger partial charge in [-0.05, 0) is 18.9 Å². The summed E-state index contributed by atoms with van der Waals surface area (Å²) in [5, 5.41) is 13.5. The number of amides is 1. The topological polar surface area (TPSA) is 98.3 Å². The Labute approximate surface area is 111 Å². The first-order valence-corrected chi connectivity index (χ1v) is 6.39. The van der Waals surface area contributed by atoms with Crippen molar-refractivity contribution in [2.45, 2.75) is 37.8 Å². The van der Waals surface area contributed by atoms with Crippen LogP contribution < -0.4 is 11.1 Å². The van der Waals surface area contributed by atoms with E-state index < -0.39 is 4.92 Å². The third-order valence-corrected chi connectivity index (χ3v) is 3.46. The average Bonchev–Trinajstić information content (AvgIpc) is 2.41. The third-order valence-electron chi connectivity index (χ3n) is 3.46. The van der Waals surface area contributed by atoms with Gasteiger partial charge in [0, 0.05) is 29.8 Å². The zero-order valence-electron chi connectivity index (χ0n) is 10.5. The van der Waals surface area contributed by atoms with E-state index in [2.05, 4.69) is 5.32 Å². The van der Waals surface area contributed by atoms with Crippen LogP contribution in [0.5, 0.6) is 0 Å². The van der Waals surface area contributed by atoms with Crippen LogP contribution in [0.4, 0.5) is 5.69 Å². The van der Waals surface area contributed by atoms with Crippen molar-refractivity contribution in [2.24, 2.45) is 5.73 Å². The third kappa shape index (κ3) is 3.29. The Morgan fingerprint density at radius 2 is 2.11 bits per heavy atom. The van der Waals surface area contributed by atoms with Gasteiger partial charge in [-0.3, -0.25) is 14.9 Å². The van der Waals surface area contributed by atoms with Crippen molar-refractivity contribution in [1.82, 2.24) is 5.32 Å². The highest BCUT2D eigenvalue weighted by atomic mass is 16.6. The fraction of sp³-hybridized carbons (Fsp3) is 0.462. The van der Waals surface area contributed by atoms with Crippen molar-refractivity contribution in [3.8, 4) is 0 Å². The molecule has 6 heteroatoms. The lowest BCUT2D eigenvalue weighted by molar-refractivity contribution is -0.384. The monoisotopic (exact) mass is 263 g/mol. The van der Waals surface area contributed by atoms with Crippen LogP contribution in [0, 0.1) is 10.1 Å². The minimum absolute atomic E-state index is 0.0311. The quantitative estimate of drug-likeness (QED) is 0.639. The van der Waals surface area contributed by atoms with Crippen molar-refractivity contribution in [3.05, 3.63) is 39.9 Å². The van der Waals surface area contributed by atoms with E-state index in [0.717, 1.165) is 25.7 Å². The Balaban J connectivity index is 2.07. The summed E-state index contributed by atoms with van der Waals surface area (Å²) in [7, 11) is 0. The molecule has 6 nitrogen and oxygen atoms in total. The Kier molecular flexibility index (Phi) is 4.11. The molecule has 0 heterocycles. The number of nitrogens with one attached hydrogen (secondary N) is 1. The number of benzene rings is 1. The molecule has 0 aliphatic heterocycles. The van der Waals surface area contributed by atoms with Gasteiger partial charge in [-0.25, -0.2) is 0 Å². The number of nitro benzene ring substituents is 1. The van der Waals surface area contributed by atoms with Crippen molar-refractivity contribution in [3.63, 3.8) is 0 Å². The zero-order chi connectivity index (χ0) is 13.8. The molecule has 1 aliphatic carbocycles. The number of rotatable bonds is 3. The minimum atomic E-state index is -0.511. The van der Waals surface area contributed by atoms with Crippen LogP contribution in [0.15, 0.2) is 24.3 Å². The number of hydrogen-bond acceptors (Lipinski definition) is 4. The van der Waals surface area contributed by atoms with Crippen molar-refractivity contribution >= 4 is 11.6 Å². The molecule has 1 aliphatic rings. The number of nitrogens with zero attached hydrogens (tertiary/aromatic N) is 1. The molecule has 0 spiro atoms. The Morgan fingerprint density at radius 1 is 1.37 bits per heavy atom. The van der Waals surface area contributed by atoms with Crippen LogP contribution in [0.2, 0.25) is 0 Å². The number of carbonyl (C=O) groups excluding carboxylic acids is 1. The summed E-state index contributed by atoms with van der Waals surface area (Å²) >= 11 is 0. The fourth-order valence-corrected chi connectivity index (χ4v) is 2.35. The molecule has 0 bridgehead atoms. The summed E-state index contributed by atoms with van der Waals surface area (Å²) in [5.74, 6) is -0.300. The van der Waals surface area contributed by atoms with Crippen LogP contribution in [0.1, 0.15) is 36.0 Å². The molecular formula is C13H17N3O3. The lowest BCUT2D eigenvalue weighted by Gasteiger charge is -2.29. The first-order chi connectivity index (χ1) is 9.08. The fourth-order valence-electron chi connectivity index (χ4n) is 2.35. The van der Waals surface area contributed by atoms with Crippen LogP contribution in [-0.4, -0.2) is 22.9 Å². The largest absolute Gasteiger partial charge is 0.348 e. The average molecular weight is 263 g/mol.